The van der Waals surface area contributed by atoms with E-state index in [0.29, 0.717) is 11.3 Å². The minimum absolute atomic E-state index is 0.0334. The summed E-state index contributed by atoms with van der Waals surface area (Å²) >= 11 is 1.14. The maximum absolute atomic E-state index is 13.7. The number of nitrogens with one attached hydrogen (secondary N) is 1. The van der Waals surface area contributed by atoms with Gasteiger partial charge in [-0.05, 0) is 38.1 Å². The molecule has 126 valence electrons. The number of halogens is 2. The molecule has 0 bridgehead atoms. The summed E-state index contributed by atoms with van der Waals surface area (Å²) in [6, 6.07) is 10.3. The normalized spacial score (nSPS) is 11.8. The summed E-state index contributed by atoms with van der Waals surface area (Å²) in [5.41, 5.74) is 0.981. The summed E-state index contributed by atoms with van der Waals surface area (Å²) in [7, 11) is 0. The molecule has 1 unspecified atom stereocenters. The number of thioether (sulfide) groups is 1. The van der Waals surface area contributed by atoms with Crippen molar-refractivity contribution in [1.29, 1.82) is 0 Å². The molecule has 0 radical (unpaired) electrons. The Morgan fingerprint density at radius 1 is 1.12 bits per heavy atom. The van der Waals surface area contributed by atoms with Crippen molar-refractivity contribution in [3.8, 4) is 0 Å². The fourth-order valence-corrected chi connectivity index (χ4v) is 3.06. The second-order valence-corrected chi connectivity index (χ2v) is 6.60. The number of benzene rings is 2. The Kier molecular flexibility index (Phi) is 6.09. The predicted octanol–water partition coefficient (Wildman–Crippen LogP) is 4.60. The molecule has 0 heterocycles. The average molecular weight is 349 g/mol. The van der Waals surface area contributed by atoms with Gasteiger partial charge in [-0.1, -0.05) is 18.2 Å². The zero-order valence-corrected chi connectivity index (χ0v) is 14.1. The molecule has 0 saturated heterocycles. The Labute approximate surface area is 143 Å². The number of carbonyl (C=O) groups excluding carboxylic acids is 2. The van der Waals surface area contributed by atoms with Crippen molar-refractivity contribution in [3.63, 3.8) is 0 Å². The first-order chi connectivity index (χ1) is 11.4. The predicted molar refractivity (Wildman–Crippen MR) is 92.3 cm³/mol. The third kappa shape index (κ3) is 4.64. The fourth-order valence-electron chi connectivity index (χ4n) is 2.20. The van der Waals surface area contributed by atoms with Gasteiger partial charge in [-0.3, -0.25) is 9.59 Å². The summed E-state index contributed by atoms with van der Waals surface area (Å²) in [4.78, 5) is 23.3. The summed E-state index contributed by atoms with van der Waals surface area (Å²) in [5.74, 6) is -1.60. The molecule has 2 rings (SSSR count). The average Bonchev–Trinajstić information content (AvgIpc) is 2.53. The van der Waals surface area contributed by atoms with Crippen LogP contribution in [0.3, 0.4) is 0 Å². The number of carbonyl (C=O) groups is 2. The van der Waals surface area contributed by atoms with Crippen LogP contribution in [0.25, 0.3) is 0 Å². The maximum atomic E-state index is 13.7. The smallest absolute Gasteiger partial charge is 0.234 e. The molecule has 3 nitrogen and oxygen atoms in total. The van der Waals surface area contributed by atoms with E-state index in [4.69, 9.17) is 0 Å². The molecule has 0 saturated carbocycles. The molecule has 0 aliphatic rings. The van der Waals surface area contributed by atoms with E-state index >= 15 is 0 Å². The van der Waals surface area contributed by atoms with Crippen LogP contribution in [0.2, 0.25) is 0 Å². The Morgan fingerprint density at radius 2 is 1.75 bits per heavy atom. The van der Waals surface area contributed by atoms with E-state index in [2.05, 4.69) is 5.32 Å². The van der Waals surface area contributed by atoms with Crippen LogP contribution in [0.1, 0.15) is 35.0 Å². The van der Waals surface area contributed by atoms with Crippen LogP contribution in [0.5, 0.6) is 0 Å². The lowest BCUT2D eigenvalue weighted by Crippen LogP contribution is -2.15. The lowest BCUT2D eigenvalue weighted by Gasteiger charge is -2.13. The van der Waals surface area contributed by atoms with Gasteiger partial charge >= 0.3 is 0 Å². The lowest BCUT2D eigenvalue weighted by molar-refractivity contribution is -0.113. The Bertz CT molecular complexity index is 744. The van der Waals surface area contributed by atoms with Gasteiger partial charge in [0.25, 0.3) is 0 Å². The number of hydrogen-bond acceptors (Lipinski definition) is 3. The van der Waals surface area contributed by atoms with E-state index in [1.54, 1.807) is 31.2 Å². The fraction of sp³-hybridized carbons (Fsp3) is 0.222. The van der Waals surface area contributed by atoms with Gasteiger partial charge in [0.1, 0.15) is 11.6 Å². The van der Waals surface area contributed by atoms with Crippen molar-refractivity contribution in [3.05, 3.63) is 65.2 Å². The number of hydrogen-bond donors (Lipinski definition) is 1. The monoisotopic (exact) mass is 349 g/mol. The van der Waals surface area contributed by atoms with Gasteiger partial charge in [0.05, 0.1) is 5.75 Å². The number of ketones is 1. The molecular formula is C18H17F2NO2S. The standard InChI is InChI=1S/C18H17F2NO2S/c1-11(22)13-5-3-6-14(9-13)21-17(23)10-24-12(2)18-15(19)7-4-8-16(18)20/h3-9,12H,10H2,1-2H3,(H,21,23). The number of amides is 1. The van der Waals surface area contributed by atoms with E-state index < -0.39 is 16.9 Å². The third-order valence-electron chi connectivity index (χ3n) is 3.42. The number of anilines is 1. The van der Waals surface area contributed by atoms with Gasteiger partial charge in [-0.25, -0.2) is 8.78 Å². The Balaban J connectivity index is 1.96. The van der Waals surface area contributed by atoms with Crippen molar-refractivity contribution in [2.45, 2.75) is 19.1 Å². The molecular weight excluding hydrogens is 332 g/mol. The van der Waals surface area contributed by atoms with E-state index in [1.807, 2.05) is 0 Å². The van der Waals surface area contributed by atoms with Crippen molar-refractivity contribution >= 4 is 29.1 Å². The van der Waals surface area contributed by atoms with Gasteiger partial charge < -0.3 is 5.32 Å². The molecule has 2 aromatic rings. The largest absolute Gasteiger partial charge is 0.325 e. The first-order valence-electron chi connectivity index (χ1n) is 7.35. The van der Waals surface area contributed by atoms with Crippen LogP contribution in [0.4, 0.5) is 14.5 Å². The van der Waals surface area contributed by atoms with Crippen LogP contribution in [0.15, 0.2) is 42.5 Å². The topological polar surface area (TPSA) is 46.2 Å². The Hall–Kier alpha value is -2.21. The molecule has 24 heavy (non-hydrogen) atoms. The zero-order chi connectivity index (χ0) is 17.7. The summed E-state index contributed by atoms with van der Waals surface area (Å²) in [6.07, 6.45) is 0. The van der Waals surface area contributed by atoms with Crippen LogP contribution >= 0.6 is 11.8 Å². The lowest BCUT2D eigenvalue weighted by atomic mass is 10.1. The molecule has 0 spiro atoms. The zero-order valence-electron chi connectivity index (χ0n) is 13.3. The van der Waals surface area contributed by atoms with Crippen molar-refractivity contribution in [2.24, 2.45) is 0 Å². The Morgan fingerprint density at radius 3 is 2.38 bits per heavy atom. The maximum Gasteiger partial charge on any atom is 0.234 e. The molecule has 0 aliphatic carbocycles. The summed E-state index contributed by atoms with van der Waals surface area (Å²) in [5, 5.41) is 2.17. The van der Waals surface area contributed by atoms with Gasteiger partial charge in [0.15, 0.2) is 5.78 Å². The van der Waals surface area contributed by atoms with E-state index in [9.17, 15) is 18.4 Å². The van der Waals surface area contributed by atoms with Gasteiger partial charge in [-0.2, -0.15) is 0 Å². The molecule has 1 amide bonds. The van der Waals surface area contributed by atoms with Gasteiger partial charge in [-0.15, -0.1) is 11.8 Å². The van der Waals surface area contributed by atoms with E-state index in [1.165, 1.54) is 25.1 Å². The van der Waals surface area contributed by atoms with Crippen LogP contribution in [-0.2, 0) is 4.79 Å². The first kappa shape index (κ1) is 18.1. The number of Topliss-reactive ketones (excluding diaryl/α,β-unsaturated/α-hetero) is 1. The van der Waals surface area contributed by atoms with Gasteiger partial charge in [0, 0.05) is 22.1 Å². The molecule has 0 fully saturated rings. The van der Waals surface area contributed by atoms with E-state index in [0.717, 1.165) is 11.8 Å². The minimum atomic E-state index is -0.621. The summed E-state index contributed by atoms with van der Waals surface area (Å²) < 4.78 is 27.4. The van der Waals surface area contributed by atoms with Crippen molar-refractivity contribution in [2.75, 3.05) is 11.1 Å². The van der Waals surface area contributed by atoms with Crippen molar-refractivity contribution < 1.29 is 18.4 Å². The molecule has 0 aliphatic heterocycles. The highest BCUT2D eigenvalue weighted by atomic mass is 32.2. The first-order valence-corrected chi connectivity index (χ1v) is 8.39. The van der Waals surface area contributed by atoms with Crippen LogP contribution < -0.4 is 5.32 Å². The quantitative estimate of drug-likeness (QED) is 0.775. The third-order valence-corrected chi connectivity index (χ3v) is 4.59. The van der Waals surface area contributed by atoms with Crippen molar-refractivity contribution in [1.82, 2.24) is 0 Å². The molecule has 1 atom stereocenters. The van der Waals surface area contributed by atoms with Crippen LogP contribution in [0, 0.1) is 11.6 Å². The SMILES string of the molecule is CC(=O)c1cccc(NC(=O)CSC(C)c2c(F)cccc2F)c1. The molecule has 0 aromatic heterocycles. The second-order valence-electron chi connectivity index (χ2n) is 5.27. The summed E-state index contributed by atoms with van der Waals surface area (Å²) in [6.45, 7) is 3.09. The second kappa shape index (κ2) is 8.06. The highest BCUT2D eigenvalue weighted by molar-refractivity contribution is 8.00. The highest BCUT2D eigenvalue weighted by Gasteiger charge is 2.17. The highest BCUT2D eigenvalue weighted by Crippen LogP contribution is 2.31. The molecule has 6 heteroatoms. The minimum Gasteiger partial charge on any atom is -0.325 e. The molecule has 1 N–H and O–H groups in total. The van der Waals surface area contributed by atoms with E-state index in [-0.39, 0.29) is 23.0 Å². The number of rotatable bonds is 6. The van der Waals surface area contributed by atoms with Crippen LogP contribution in [-0.4, -0.2) is 17.4 Å². The molecule has 2 aromatic carbocycles. The van der Waals surface area contributed by atoms with Gasteiger partial charge in [0.2, 0.25) is 5.91 Å².